The van der Waals surface area contributed by atoms with Crippen molar-refractivity contribution in [2.45, 2.75) is 13.2 Å². The number of aliphatic hydroxyl groups excluding tert-OH is 1. The number of ether oxygens (including phenoxy) is 1. The smallest absolute Gasteiger partial charge is 0.128 e. The van der Waals surface area contributed by atoms with Gasteiger partial charge in [-0.1, -0.05) is 36.4 Å². The van der Waals surface area contributed by atoms with Gasteiger partial charge in [-0.25, -0.2) is 4.39 Å². The molecule has 0 aliphatic rings. The number of benzene rings is 2. The van der Waals surface area contributed by atoms with Gasteiger partial charge in [-0.2, -0.15) is 0 Å². The third-order valence-electron chi connectivity index (χ3n) is 2.44. The molecule has 0 aliphatic carbocycles. The standard InChI is InChI=1S/C14H13FO2/c15-13-7-6-12(9-16)14(8-13)17-10-11-4-2-1-3-5-11/h1-8,16H,9-10H2. The van der Waals surface area contributed by atoms with E-state index in [0.717, 1.165) is 5.56 Å². The van der Waals surface area contributed by atoms with Crippen molar-refractivity contribution < 1.29 is 14.2 Å². The van der Waals surface area contributed by atoms with Crippen molar-refractivity contribution in [2.75, 3.05) is 0 Å². The van der Waals surface area contributed by atoms with Gasteiger partial charge in [-0.05, 0) is 11.6 Å². The minimum atomic E-state index is -0.370. The van der Waals surface area contributed by atoms with Crippen LogP contribution in [0.15, 0.2) is 48.5 Å². The summed E-state index contributed by atoms with van der Waals surface area (Å²) in [7, 11) is 0. The summed E-state index contributed by atoms with van der Waals surface area (Å²) in [5, 5.41) is 9.10. The Labute approximate surface area is 99.3 Å². The summed E-state index contributed by atoms with van der Waals surface area (Å²) in [5.74, 6) is 0.0154. The highest BCUT2D eigenvalue weighted by atomic mass is 19.1. The molecule has 0 fully saturated rings. The first-order valence-corrected chi connectivity index (χ1v) is 5.35. The highest BCUT2D eigenvalue weighted by Crippen LogP contribution is 2.21. The highest BCUT2D eigenvalue weighted by Gasteiger charge is 2.04. The summed E-state index contributed by atoms with van der Waals surface area (Å²) in [4.78, 5) is 0. The molecule has 0 aromatic heterocycles. The molecule has 0 unspecified atom stereocenters. The second-order valence-corrected chi connectivity index (χ2v) is 3.68. The second kappa shape index (κ2) is 5.46. The van der Waals surface area contributed by atoms with Gasteiger partial charge in [0, 0.05) is 11.6 Å². The van der Waals surface area contributed by atoms with Gasteiger partial charge in [0.1, 0.15) is 18.2 Å². The zero-order chi connectivity index (χ0) is 12.1. The van der Waals surface area contributed by atoms with Crippen LogP contribution in [0.2, 0.25) is 0 Å². The van der Waals surface area contributed by atoms with Crippen molar-refractivity contribution in [1.29, 1.82) is 0 Å². The number of aliphatic hydroxyl groups is 1. The SMILES string of the molecule is OCc1ccc(F)cc1OCc1ccccc1. The minimum Gasteiger partial charge on any atom is -0.488 e. The number of hydrogen-bond acceptors (Lipinski definition) is 2. The summed E-state index contributed by atoms with van der Waals surface area (Å²) >= 11 is 0. The lowest BCUT2D eigenvalue weighted by Gasteiger charge is -2.10. The maximum atomic E-state index is 13.0. The molecule has 17 heavy (non-hydrogen) atoms. The molecule has 3 heteroatoms. The molecule has 2 aromatic carbocycles. The lowest BCUT2D eigenvalue weighted by Crippen LogP contribution is -1.99. The van der Waals surface area contributed by atoms with Crippen LogP contribution in [-0.2, 0) is 13.2 Å². The molecule has 1 N–H and O–H groups in total. The molecule has 2 nitrogen and oxygen atoms in total. The summed E-state index contributed by atoms with van der Waals surface area (Å²) in [6.45, 7) is 0.196. The normalized spacial score (nSPS) is 10.2. The van der Waals surface area contributed by atoms with Gasteiger partial charge < -0.3 is 9.84 Å². The maximum Gasteiger partial charge on any atom is 0.128 e. The van der Waals surface area contributed by atoms with Crippen molar-refractivity contribution >= 4 is 0 Å². The molecule has 2 aromatic rings. The minimum absolute atomic E-state index is 0.162. The fraction of sp³-hybridized carbons (Fsp3) is 0.143. The van der Waals surface area contributed by atoms with E-state index in [1.165, 1.54) is 18.2 Å². The number of rotatable bonds is 4. The fourth-order valence-corrected chi connectivity index (χ4v) is 1.53. The topological polar surface area (TPSA) is 29.5 Å². The third kappa shape index (κ3) is 3.04. The monoisotopic (exact) mass is 232 g/mol. The Morgan fingerprint density at radius 2 is 1.82 bits per heavy atom. The third-order valence-corrected chi connectivity index (χ3v) is 2.44. The predicted molar refractivity (Wildman–Crippen MR) is 63.1 cm³/mol. The van der Waals surface area contributed by atoms with Crippen molar-refractivity contribution in [3.8, 4) is 5.75 Å². The van der Waals surface area contributed by atoms with Gasteiger partial charge in [-0.15, -0.1) is 0 Å². The Morgan fingerprint density at radius 1 is 1.06 bits per heavy atom. The lowest BCUT2D eigenvalue weighted by atomic mass is 10.2. The molecule has 0 amide bonds. The summed E-state index contributed by atoms with van der Waals surface area (Å²) < 4.78 is 18.5. The van der Waals surface area contributed by atoms with Crippen LogP contribution in [0.4, 0.5) is 4.39 Å². The van der Waals surface area contributed by atoms with Gasteiger partial charge in [0.05, 0.1) is 6.61 Å². The molecule has 0 saturated heterocycles. The molecular formula is C14H13FO2. The van der Waals surface area contributed by atoms with Crippen LogP contribution in [0.5, 0.6) is 5.75 Å². The Morgan fingerprint density at radius 3 is 2.53 bits per heavy atom. The second-order valence-electron chi connectivity index (χ2n) is 3.68. The molecule has 0 bridgehead atoms. The first kappa shape index (κ1) is 11.6. The van der Waals surface area contributed by atoms with Gasteiger partial charge in [0.2, 0.25) is 0 Å². The summed E-state index contributed by atoms with van der Waals surface area (Å²) in [6, 6.07) is 13.7. The number of halogens is 1. The summed E-state index contributed by atoms with van der Waals surface area (Å²) in [6.07, 6.45) is 0. The Balaban J connectivity index is 2.11. The molecule has 2 rings (SSSR count). The van der Waals surface area contributed by atoms with E-state index in [-0.39, 0.29) is 12.4 Å². The zero-order valence-electron chi connectivity index (χ0n) is 9.27. The van der Waals surface area contributed by atoms with Crippen LogP contribution < -0.4 is 4.74 Å². The maximum absolute atomic E-state index is 13.0. The largest absolute Gasteiger partial charge is 0.488 e. The molecule has 0 radical (unpaired) electrons. The highest BCUT2D eigenvalue weighted by molar-refractivity contribution is 5.33. The average molecular weight is 232 g/mol. The van der Waals surface area contributed by atoms with Gasteiger partial charge in [-0.3, -0.25) is 0 Å². The van der Waals surface area contributed by atoms with Crippen LogP contribution in [0.1, 0.15) is 11.1 Å². The van der Waals surface area contributed by atoms with Gasteiger partial charge in [0.15, 0.2) is 0 Å². The first-order valence-electron chi connectivity index (χ1n) is 5.35. The van der Waals surface area contributed by atoms with E-state index >= 15 is 0 Å². The summed E-state index contributed by atoms with van der Waals surface area (Å²) in [5.41, 5.74) is 1.59. The van der Waals surface area contributed by atoms with Crippen LogP contribution in [0, 0.1) is 5.82 Å². The Bertz CT molecular complexity index is 483. The average Bonchev–Trinajstić information content (AvgIpc) is 2.38. The Kier molecular flexibility index (Phi) is 3.73. The molecule has 0 heterocycles. The first-order chi connectivity index (χ1) is 8.29. The quantitative estimate of drug-likeness (QED) is 0.878. The molecule has 0 saturated carbocycles. The van der Waals surface area contributed by atoms with E-state index in [2.05, 4.69) is 0 Å². The van der Waals surface area contributed by atoms with Crippen LogP contribution in [0.25, 0.3) is 0 Å². The van der Waals surface area contributed by atoms with Crippen LogP contribution >= 0.6 is 0 Å². The van der Waals surface area contributed by atoms with Crippen molar-refractivity contribution in [1.82, 2.24) is 0 Å². The van der Waals surface area contributed by atoms with E-state index in [1.807, 2.05) is 30.3 Å². The zero-order valence-corrected chi connectivity index (χ0v) is 9.27. The lowest BCUT2D eigenvalue weighted by molar-refractivity contribution is 0.258. The molecule has 0 atom stereocenters. The van der Waals surface area contributed by atoms with Gasteiger partial charge in [0.25, 0.3) is 0 Å². The Hall–Kier alpha value is -1.87. The van der Waals surface area contributed by atoms with E-state index < -0.39 is 0 Å². The van der Waals surface area contributed by atoms with Crippen molar-refractivity contribution in [2.24, 2.45) is 0 Å². The van der Waals surface area contributed by atoms with Crippen molar-refractivity contribution in [3.05, 3.63) is 65.5 Å². The molecular weight excluding hydrogens is 219 g/mol. The van der Waals surface area contributed by atoms with E-state index in [1.54, 1.807) is 0 Å². The van der Waals surface area contributed by atoms with E-state index in [4.69, 9.17) is 9.84 Å². The van der Waals surface area contributed by atoms with E-state index in [0.29, 0.717) is 17.9 Å². The van der Waals surface area contributed by atoms with Crippen molar-refractivity contribution in [3.63, 3.8) is 0 Å². The molecule has 88 valence electrons. The molecule has 0 spiro atoms. The number of hydrogen-bond donors (Lipinski definition) is 1. The molecule has 0 aliphatic heterocycles. The predicted octanol–water partition coefficient (Wildman–Crippen LogP) is 2.90. The van der Waals surface area contributed by atoms with Crippen LogP contribution in [0.3, 0.4) is 0 Å². The fourth-order valence-electron chi connectivity index (χ4n) is 1.53. The van der Waals surface area contributed by atoms with Crippen LogP contribution in [-0.4, -0.2) is 5.11 Å². The van der Waals surface area contributed by atoms with E-state index in [9.17, 15) is 4.39 Å². The van der Waals surface area contributed by atoms with Gasteiger partial charge >= 0.3 is 0 Å².